The van der Waals surface area contributed by atoms with Gasteiger partial charge in [-0.15, -0.1) is 0 Å². The van der Waals surface area contributed by atoms with E-state index >= 15 is 0 Å². The van der Waals surface area contributed by atoms with Crippen LogP contribution in [-0.4, -0.2) is 21.0 Å². The van der Waals surface area contributed by atoms with Gasteiger partial charge in [-0.1, -0.05) is 67.2 Å². The lowest BCUT2D eigenvalue weighted by Gasteiger charge is -2.21. The number of hydrogen-bond acceptors (Lipinski definition) is 3. The Bertz CT molecular complexity index is 1380. The van der Waals surface area contributed by atoms with Crippen molar-refractivity contribution in [2.45, 2.75) is 13.1 Å². The van der Waals surface area contributed by atoms with Crippen molar-refractivity contribution >= 4 is 17.7 Å². The molecular formula is C31H24FNO3. The first kappa shape index (κ1) is 24.3. The smallest absolute Gasteiger partial charge is 0.247 e. The molecule has 0 aromatic heterocycles. The van der Waals surface area contributed by atoms with E-state index in [9.17, 15) is 19.4 Å². The topological polar surface area (TPSA) is 60.8 Å². The van der Waals surface area contributed by atoms with Crippen LogP contribution in [-0.2, 0) is 17.9 Å². The van der Waals surface area contributed by atoms with Gasteiger partial charge in [0.1, 0.15) is 17.3 Å². The molecule has 0 aliphatic rings. The molecule has 0 fully saturated rings. The van der Waals surface area contributed by atoms with Gasteiger partial charge >= 0.3 is 0 Å². The van der Waals surface area contributed by atoms with Gasteiger partial charge in [-0.05, 0) is 59.2 Å². The Kier molecular flexibility index (Phi) is 7.48. The number of hydrogen-bond donors (Lipinski definition) is 2. The van der Waals surface area contributed by atoms with Crippen LogP contribution in [0, 0.1) is 17.9 Å². The summed E-state index contributed by atoms with van der Waals surface area (Å²) in [5.41, 5.74) is 4.14. The van der Waals surface area contributed by atoms with Crippen molar-refractivity contribution in [1.29, 1.82) is 0 Å². The lowest BCUT2D eigenvalue weighted by Crippen LogP contribution is -2.28. The number of aliphatic hydroxyl groups is 1. The molecule has 4 rings (SSSR count). The first-order valence-electron chi connectivity index (χ1n) is 11.3. The predicted molar refractivity (Wildman–Crippen MR) is 139 cm³/mol. The highest BCUT2D eigenvalue weighted by Gasteiger charge is 2.13. The van der Waals surface area contributed by atoms with E-state index in [4.69, 9.17) is 0 Å². The highest BCUT2D eigenvalue weighted by atomic mass is 19.1. The van der Waals surface area contributed by atoms with E-state index in [2.05, 4.69) is 18.7 Å². The van der Waals surface area contributed by atoms with Crippen LogP contribution in [0.4, 0.5) is 4.39 Å². The Morgan fingerprint density at radius 2 is 1.69 bits per heavy atom. The van der Waals surface area contributed by atoms with E-state index in [-0.39, 0.29) is 35.3 Å². The number of benzene rings is 3. The predicted octanol–water partition coefficient (Wildman–Crippen LogP) is 6.57. The molecule has 1 amide bonds. The molecule has 0 radical (unpaired) electrons. The van der Waals surface area contributed by atoms with Crippen LogP contribution < -0.4 is 0 Å². The zero-order valence-corrected chi connectivity index (χ0v) is 19.5. The number of carbonyl (C=O) groups is 1. The molecular weight excluding hydrogens is 453 g/mol. The van der Waals surface area contributed by atoms with Crippen molar-refractivity contribution in [2.24, 2.45) is 0 Å². The second-order valence-corrected chi connectivity index (χ2v) is 8.27. The number of halogens is 1. The molecule has 36 heavy (non-hydrogen) atoms. The summed E-state index contributed by atoms with van der Waals surface area (Å²) in [6.07, 6.45) is 3.28. The Balaban J connectivity index is 1.55. The fraction of sp³-hybridized carbons (Fsp3) is 0.0645. The molecule has 4 nitrogen and oxygen atoms in total. The second-order valence-electron chi connectivity index (χ2n) is 8.27. The molecule has 0 atom stereocenters. The number of aromatic hydroxyl groups is 1. The van der Waals surface area contributed by atoms with Crippen molar-refractivity contribution in [3.8, 4) is 16.9 Å². The van der Waals surface area contributed by atoms with E-state index in [1.165, 1.54) is 24.3 Å². The Labute approximate surface area is 209 Å². The van der Waals surface area contributed by atoms with Gasteiger partial charge in [0.05, 0.1) is 12.1 Å². The number of rotatable bonds is 8. The van der Waals surface area contributed by atoms with Gasteiger partial charge in [0.25, 0.3) is 0 Å². The Hall–Kier alpha value is -4.82. The third-order valence-electron chi connectivity index (χ3n) is 5.60. The Morgan fingerprint density at radius 3 is 2.36 bits per heavy atom. The van der Waals surface area contributed by atoms with Crippen molar-refractivity contribution < 1.29 is 19.4 Å². The van der Waals surface area contributed by atoms with E-state index in [0.29, 0.717) is 12.1 Å². The summed E-state index contributed by atoms with van der Waals surface area (Å²) in [5.74, 6) is -0.814. The minimum absolute atomic E-state index is 0.0645. The fourth-order valence-corrected chi connectivity index (χ4v) is 3.67. The van der Waals surface area contributed by atoms with Gasteiger partial charge in [0.15, 0.2) is 0 Å². The van der Waals surface area contributed by atoms with Crippen LogP contribution in [0.3, 0.4) is 0 Å². The Morgan fingerprint density at radius 1 is 0.944 bits per heavy atom. The maximum absolute atomic E-state index is 13.4. The molecule has 4 aromatic carbocycles. The van der Waals surface area contributed by atoms with Crippen molar-refractivity contribution in [3.63, 3.8) is 0 Å². The normalized spacial score (nSPS) is 10.7. The van der Waals surface area contributed by atoms with Gasteiger partial charge in [0, 0.05) is 23.7 Å². The number of phenols is 1. The highest BCUT2D eigenvalue weighted by molar-refractivity contribution is 5.91. The number of phenolic OH excluding ortho intramolecular Hbond substituents is 1. The fourth-order valence-electron chi connectivity index (χ4n) is 3.67. The van der Waals surface area contributed by atoms with Gasteiger partial charge in [0.2, 0.25) is 5.91 Å². The van der Waals surface area contributed by atoms with Crippen LogP contribution in [0.5, 0.6) is 5.75 Å². The molecule has 0 aliphatic heterocycles. The zero-order valence-electron chi connectivity index (χ0n) is 19.5. The molecule has 0 heterocycles. The van der Waals surface area contributed by atoms with Gasteiger partial charge in [-0.3, -0.25) is 4.79 Å². The average Bonchev–Trinajstić information content (AvgIpc) is 2.89. The molecule has 0 saturated carbocycles. The van der Waals surface area contributed by atoms with E-state index < -0.39 is 0 Å². The zero-order chi connectivity index (χ0) is 25.5. The second kappa shape index (κ2) is 11.1. The summed E-state index contributed by atoms with van der Waals surface area (Å²) >= 11 is 0. The molecule has 0 saturated heterocycles. The summed E-state index contributed by atoms with van der Waals surface area (Å²) in [6, 6.07) is 30.3. The molecule has 0 bridgehead atoms. The number of nitrogens with zero attached hydrogens (tertiary/aromatic N) is 1. The van der Waals surface area contributed by atoms with Gasteiger partial charge in [-0.2, -0.15) is 0 Å². The summed E-state index contributed by atoms with van der Waals surface area (Å²) in [7, 11) is 0. The van der Waals surface area contributed by atoms with Crippen LogP contribution in [0.15, 0.2) is 97.6 Å². The number of amides is 1. The molecule has 0 spiro atoms. The van der Waals surface area contributed by atoms with Crippen LogP contribution in [0.1, 0.15) is 22.3 Å². The largest absolute Gasteiger partial charge is 0.508 e. The summed E-state index contributed by atoms with van der Waals surface area (Å²) in [6.45, 7) is 4.05. The van der Waals surface area contributed by atoms with Crippen molar-refractivity contribution in [1.82, 2.24) is 4.90 Å². The van der Waals surface area contributed by atoms with Crippen molar-refractivity contribution in [2.75, 3.05) is 0 Å². The molecule has 0 aliphatic carbocycles. The van der Waals surface area contributed by atoms with Gasteiger partial charge < -0.3 is 15.1 Å². The average molecular weight is 478 g/mol. The SMILES string of the molecule is C=C(O)c1cc(-c2c#cc(CN(Cc3ccc(F)cc3)C(=O)/C=C/c3ccccc3)cc2)ccc1O. The highest BCUT2D eigenvalue weighted by Crippen LogP contribution is 2.28. The monoisotopic (exact) mass is 477 g/mol. The molecule has 0 unspecified atom stereocenters. The summed E-state index contributed by atoms with van der Waals surface area (Å²) < 4.78 is 13.4. The molecule has 4 aromatic rings. The first-order valence-corrected chi connectivity index (χ1v) is 11.3. The van der Waals surface area contributed by atoms with Crippen LogP contribution >= 0.6 is 0 Å². The molecule has 178 valence electrons. The van der Waals surface area contributed by atoms with Gasteiger partial charge in [-0.25, -0.2) is 4.39 Å². The lowest BCUT2D eigenvalue weighted by atomic mass is 10.0. The van der Waals surface area contributed by atoms with E-state index in [1.807, 2.05) is 42.5 Å². The molecule has 5 heteroatoms. The summed E-state index contributed by atoms with van der Waals surface area (Å²) in [4.78, 5) is 14.8. The van der Waals surface area contributed by atoms with Crippen molar-refractivity contribution in [3.05, 3.63) is 138 Å². The van der Waals surface area contributed by atoms with Crippen LogP contribution in [0.2, 0.25) is 0 Å². The van der Waals surface area contributed by atoms with E-state index in [0.717, 1.165) is 22.3 Å². The maximum atomic E-state index is 13.4. The lowest BCUT2D eigenvalue weighted by molar-refractivity contribution is -0.127. The first-order chi connectivity index (χ1) is 17.4. The van der Waals surface area contributed by atoms with Crippen LogP contribution in [0.25, 0.3) is 23.0 Å². The molecule has 2 N–H and O–H groups in total. The maximum Gasteiger partial charge on any atom is 0.247 e. The van der Waals surface area contributed by atoms with E-state index in [1.54, 1.807) is 35.2 Å². The minimum atomic E-state index is -0.332. The minimum Gasteiger partial charge on any atom is -0.508 e. The number of carbonyl (C=O) groups excluding carboxylic acids is 1. The number of aliphatic hydroxyl groups excluding tert-OH is 1. The third kappa shape index (κ3) is 6.19. The quantitative estimate of drug-likeness (QED) is 0.223. The third-order valence-corrected chi connectivity index (χ3v) is 5.60. The summed E-state index contributed by atoms with van der Waals surface area (Å²) in [5, 5.41) is 19.6. The standard InChI is InChI=1S/C31H24FNO3/c1-22(34)29-19-27(14-17-30(29)35)26-12-7-24(8-13-26)20-33(21-25-9-15-28(32)16-10-25)31(36)18-11-23-5-3-2-4-6-23/h2-7,9-12,14-19,34-35H,1,20-21H2/b18-11+.